The van der Waals surface area contributed by atoms with Crippen molar-refractivity contribution in [2.75, 3.05) is 17.4 Å². The van der Waals surface area contributed by atoms with E-state index in [2.05, 4.69) is 15.6 Å². The van der Waals surface area contributed by atoms with E-state index in [1.54, 1.807) is 29.5 Å². The van der Waals surface area contributed by atoms with Crippen LogP contribution in [0.3, 0.4) is 0 Å². The average Bonchev–Trinajstić information content (AvgIpc) is 3.49. The molecule has 0 saturated heterocycles. The molecule has 0 spiro atoms. The van der Waals surface area contributed by atoms with Crippen LogP contribution in [0.1, 0.15) is 36.6 Å². The summed E-state index contributed by atoms with van der Waals surface area (Å²) in [4.78, 5) is 29.2. The number of fused-ring (bicyclic) bond motifs is 1. The van der Waals surface area contributed by atoms with E-state index in [-0.39, 0.29) is 18.7 Å². The summed E-state index contributed by atoms with van der Waals surface area (Å²) < 4.78 is 10.6. The molecule has 0 radical (unpaired) electrons. The molecule has 2 aliphatic rings. The second kappa shape index (κ2) is 9.11. The van der Waals surface area contributed by atoms with Crippen LogP contribution in [0.15, 0.2) is 48.7 Å². The Labute approximate surface area is 194 Å². The van der Waals surface area contributed by atoms with Crippen LogP contribution in [-0.2, 0) is 4.79 Å². The molecule has 1 aromatic heterocycles. The van der Waals surface area contributed by atoms with Crippen molar-refractivity contribution in [3.05, 3.63) is 53.7 Å². The Hall–Kier alpha value is -3.59. The van der Waals surface area contributed by atoms with E-state index in [4.69, 9.17) is 9.47 Å². The van der Waals surface area contributed by atoms with Crippen molar-refractivity contribution in [3.8, 4) is 21.9 Å². The summed E-state index contributed by atoms with van der Waals surface area (Å²) >= 11 is 1.65. The predicted octanol–water partition coefficient (Wildman–Crippen LogP) is 5.54. The number of hydrogen-bond donors (Lipinski definition) is 3. The van der Waals surface area contributed by atoms with Crippen molar-refractivity contribution in [2.45, 2.75) is 31.6 Å². The summed E-state index contributed by atoms with van der Waals surface area (Å²) in [5.41, 5.74) is 2.32. The lowest BCUT2D eigenvalue weighted by Gasteiger charge is -2.24. The molecule has 33 heavy (non-hydrogen) atoms. The van der Waals surface area contributed by atoms with Gasteiger partial charge in [-0.2, -0.15) is 0 Å². The van der Waals surface area contributed by atoms with Crippen LogP contribution in [0.2, 0.25) is 0 Å². The minimum atomic E-state index is -0.688. The van der Waals surface area contributed by atoms with Crippen LogP contribution >= 0.6 is 11.3 Å². The van der Waals surface area contributed by atoms with Crippen molar-refractivity contribution < 1.29 is 24.2 Å². The Balaban J connectivity index is 1.18. The van der Waals surface area contributed by atoms with Crippen molar-refractivity contribution in [1.82, 2.24) is 4.98 Å². The molecular formula is C24H23N3O5S. The van der Waals surface area contributed by atoms with E-state index in [1.165, 1.54) is 0 Å². The Morgan fingerprint density at radius 1 is 0.939 bits per heavy atom. The van der Waals surface area contributed by atoms with E-state index in [0.29, 0.717) is 41.6 Å². The van der Waals surface area contributed by atoms with Gasteiger partial charge in [0.2, 0.25) is 6.79 Å². The van der Waals surface area contributed by atoms with Gasteiger partial charge in [0.15, 0.2) is 11.5 Å². The first-order valence-electron chi connectivity index (χ1n) is 10.8. The Morgan fingerprint density at radius 3 is 2.39 bits per heavy atom. The van der Waals surface area contributed by atoms with Crippen molar-refractivity contribution in [3.63, 3.8) is 0 Å². The SMILES string of the molecule is O=C(Nc1ccc(-c2cnc(C3CCC(C(=O)O)CC3)s2)cc1)Nc1ccc2c(c1)OCO2. The zero-order valence-electron chi connectivity index (χ0n) is 17.7. The molecule has 0 unspecified atom stereocenters. The lowest BCUT2D eigenvalue weighted by Crippen LogP contribution is -2.20. The molecule has 1 aliphatic heterocycles. The smallest absolute Gasteiger partial charge is 0.323 e. The van der Waals surface area contributed by atoms with Gasteiger partial charge >= 0.3 is 12.0 Å². The van der Waals surface area contributed by atoms with Gasteiger partial charge in [0.25, 0.3) is 0 Å². The van der Waals surface area contributed by atoms with Gasteiger partial charge in [-0.3, -0.25) is 4.79 Å². The van der Waals surface area contributed by atoms with Gasteiger partial charge in [-0.1, -0.05) is 12.1 Å². The van der Waals surface area contributed by atoms with Crippen LogP contribution in [0.4, 0.5) is 16.2 Å². The molecule has 2 amide bonds. The van der Waals surface area contributed by atoms with Crippen molar-refractivity contribution >= 4 is 34.7 Å². The number of hydrogen-bond acceptors (Lipinski definition) is 6. The molecule has 1 saturated carbocycles. The minimum absolute atomic E-state index is 0.185. The molecule has 3 N–H and O–H groups in total. The number of carboxylic acids is 1. The molecule has 5 rings (SSSR count). The topological polar surface area (TPSA) is 110 Å². The Morgan fingerprint density at radius 2 is 1.64 bits per heavy atom. The summed E-state index contributed by atoms with van der Waals surface area (Å²) in [5, 5.41) is 15.9. The van der Waals surface area contributed by atoms with E-state index < -0.39 is 5.97 Å². The number of amides is 2. The molecule has 1 aliphatic carbocycles. The standard InChI is InChI=1S/C24H23N3O5S/c28-23(29)16-3-1-15(2-4-16)22-25-12-21(33-22)14-5-7-17(8-6-14)26-24(30)27-18-9-10-19-20(11-18)32-13-31-19/h5-12,15-16H,1-4,13H2,(H,28,29)(H2,26,27,30). The first kappa shape index (κ1) is 21.3. The highest BCUT2D eigenvalue weighted by atomic mass is 32.1. The zero-order valence-corrected chi connectivity index (χ0v) is 18.6. The number of aliphatic carboxylic acids is 1. The Kier molecular flexibility index (Phi) is 5.87. The molecule has 2 heterocycles. The van der Waals surface area contributed by atoms with E-state index in [1.807, 2.05) is 30.5 Å². The van der Waals surface area contributed by atoms with Gasteiger partial charge in [-0.15, -0.1) is 11.3 Å². The molecule has 8 nitrogen and oxygen atoms in total. The highest BCUT2D eigenvalue weighted by molar-refractivity contribution is 7.15. The van der Waals surface area contributed by atoms with Crippen LogP contribution in [0, 0.1) is 5.92 Å². The minimum Gasteiger partial charge on any atom is -0.481 e. The number of ether oxygens (including phenoxy) is 2. The first-order valence-corrected chi connectivity index (χ1v) is 11.6. The molecule has 0 atom stereocenters. The highest BCUT2D eigenvalue weighted by Gasteiger charge is 2.28. The highest BCUT2D eigenvalue weighted by Crippen LogP contribution is 2.39. The van der Waals surface area contributed by atoms with Gasteiger partial charge in [0, 0.05) is 29.6 Å². The monoisotopic (exact) mass is 465 g/mol. The van der Waals surface area contributed by atoms with Gasteiger partial charge in [0.05, 0.1) is 15.8 Å². The van der Waals surface area contributed by atoms with Crippen LogP contribution in [0.25, 0.3) is 10.4 Å². The third-order valence-electron chi connectivity index (χ3n) is 6.01. The summed E-state index contributed by atoms with van der Waals surface area (Å²) in [6.07, 6.45) is 5.03. The fourth-order valence-corrected chi connectivity index (χ4v) is 5.28. The molecule has 3 aromatic rings. The van der Waals surface area contributed by atoms with Crippen LogP contribution in [0.5, 0.6) is 11.5 Å². The molecule has 0 bridgehead atoms. The Bertz CT molecular complexity index is 1170. The van der Waals surface area contributed by atoms with E-state index >= 15 is 0 Å². The maximum atomic E-state index is 12.3. The van der Waals surface area contributed by atoms with Crippen molar-refractivity contribution in [2.24, 2.45) is 5.92 Å². The first-order chi connectivity index (χ1) is 16.0. The fourth-order valence-electron chi connectivity index (χ4n) is 4.18. The molecular weight excluding hydrogens is 442 g/mol. The molecule has 2 aromatic carbocycles. The number of carbonyl (C=O) groups is 2. The van der Waals surface area contributed by atoms with Crippen LogP contribution in [-0.4, -0.2) is 28.9 Å². The molecule has 9 heteroatoms. The number of carboxylic acid groups (broad SMARTS) is 1. The predicted molar refractivity (Wildman–Crippen MR) is 125 cm³/mol. The summed E-state index contributed by atoms with van der Waals surface area (Å²) in [5.74, 6) is 0.696. The second-order valence-electron chi connectivity index (χ2n) is 8.17. The van der Waals surface area contributed by atoms with Gasteiger partial charge < -0.3 is 25.2 Å². The quantitative estimate of drug-likeness (QED) is 0.456. The third-order valence-corrected chi connectivity index (χ3v) is 7.22. The van der Waals surface area contributed by atoms with Gasteiger partial charge in [-0.05, 0) is 55.5 Å². The number of rotatable bonds is 5. The average molecular weight is 466 g/mol. The number of carbonyl (C=O) groups excluding carboxylic acids is 1. The fraction of sp³-hybridized carbons (Fsp3) is 0.292. The summed E-state index contributed by atoms with van der Waals surface area (Å²) in [6, 6.07) is 12.5. The largest absolute Gasteiger partial charge is 0.481 e. The summed E-state index contributed by atoms with van der Waals surface area (Å²) in [7, 11) is 0. The van der Waals surface area contributed by atoms with Crippen molar-refractivity contribution in [1.29, 1.82) is 0 Å². The van der Waals surface area contributed by atoms with E-state index in [9.17, 15) is 14.7 Å². The van der Waals surface area contributed by atoms with E-state index in [0.717, 1.165) is 28.3 Å². The second-order valence-corrected chi connectivity index (χ2v) is 9.24. The van der Waals surface area contributed by atoms with Crippen LogP contribution < -0.4 is 20.1 Å². The lowest BCUT2D eigenvalue weighted by molar-refractivity contribution is -0.142. The maximum absolute atomic E-state index is 12.3. The maximum Gasteiger partial charge on any atom is 0.323 e. The third kappa shape index (κ3) is 4.78. The van der Waals surface area contributed by atoms with Gasteiger partial charge in [-0.25, -0.2) is 9.78 Å². The number of aromatic nitrogens is 1. The number of anilines is 2. The molecule has 170 valence electrons. The normalized spacial score (nSPS) is 19.2. The number of benzene rings is 2. The summed E-state index contributed by atoms with van der Waals surface area (Å²) in [6.45, 7) is 0.185. The number of nitrogens with one attached hydrogen (secondary N) is 2. The lowest BCUT2D eigenvalue weighted by atomic mass is 9.82. The number of thiazole rings is 1. The van der Waals surface area contributed by atoms with Gasteiger partial charge in [0.1, 0.15) is 0 Å². The number of urea groups is 1. The number of nitrogens with zero attached hydrogens (tertiary/aromatic N) is 1. The molecule has 1 fully saturated rings. The zero-order chi connectivity index (χ0) is 22.8.